The first-order chi connectivity index (χ1) is 9.11. The quantitative estimate of drug-likeness (QED) is 0.914. The van der Waals surface area contributed by atoms with Gasteiger partial charge in [0.1, 0.15) is 5.75 Å². The topological polar surface area (TPSA) is 47.0 Å². The third-order valence-corrected chi connectivity index (χ3v) is 3.13. The van der Waals surface area contributed by atoms with Crippen molar-refractivity contribution >= 4 is 0 Å². The molecule has 0 bridgehead atoms. The maximum Gasteiger partial charge on any atom is 0.238 e. The van der Waals surface area contributed by atoms with Crippen molar-refractivity contribution in [3.63, 3.8) is 0 Å². The molecule has 2 rings (SSSR count). The van der Waals surface area contributed by atoms with Crippen LogP contribution < -0.4 is 10.1 Å². The van der Waals surface area contributed by atoms with Crippen LogP contribution in [0.4, 0.5) is 0 Å². The van der Waals surface area contributed by atoms with E-state index in [9.17, 15) is 0 Å². The molecule has 0 aliphatic carbocycles. The van der Waals surface area contributed by atoms with E-state index >= 15 is 0 Å². The predicted octanol–water partition coefficient (Wildman–Crippen LogP) is 2.91. The van der Waals surface area contributed by atoms with Gasteiger partial charge in [-0.3, -0.25) is 0 Å². The summed E-state index contributed by atoms with van der Waals surface area (Å²) < 4.78 is 5.86. The van der Waals surface area contributed by atoms with Crippen LogP contribution in [-0.2, 0) is 6.54 Å². The van der Waals surface area contributed by atoms with Gasteiger partial charge >= 0.3 is 0 Å². The number of nitrogens with zero attached hydrogens (tertiary/aromatic N) is 2. The van der Waals surface area contributed by atoms with E-state index in [-0.39, 0.29) is 0 Å². The zero-order chi connectivity index (χ0) is 13.8. The fourth-order valence-electron chi connectivity index (χ4n) is 1.86. The number of benzene rings is 1. The van der Waals surface area contributed by atoms with Crippen molar-refractivity contribution in [3.8, 4) is 11.6 Å². The standard InChI is InChI=1S/C15H19N3O/c1-10-5-6-11(2)15(12(10)3)19-14-8-7-13(9-16-4)17-18-14/h5-8,16H,9H2,1-4H3. The molecule has 0 unspecified atom stereocenters. The molecule has 1 N–H and O–H groups in total. The van der Waals surface area contributed by atoms with Gasteiger partial charge < -0.3 is 10.1 Å². The monoisotopic (exact) mass is 257 g/mol. The highest BCUT2D eigenvalue weighted by molar-refractivity contribution is 5.46. The van der Waals surface area contributed by atoms with Gasteiger partial charge in [0.05, 0.1) is 5.69 Å². The predicted molar refractivity (Wildman–Crippen MR) is 75.5 cm³/mol. The van der Waals surface area contributed by atoms with Gasteiger partial charge in [-0.25, -0.2) is 0 Å². The zero-order valence-corrected chi connectivity index (χ0v) is 11.8. The summed E-state index contributed by atoms with van der Waals surface area (Å²) in [6.45, 7) is 6.87. The number of ether oxygens (including phenoxy) is 1. The van der Waals surface area contributed by atoms with Gasteiger partial charge in [-0.15, -0.1) is 5.10 Å². The summed E-state index contributed by atoms with van der Waals surface area (Å²) >= 11 is 0. The van der Waals surface area contributed by atoms with Crippen molar-refractivity contribution in [1.82, 2.24) is 15.5 Å². The summed E-state index contributed by atoms with van der Waals surface area (Å²) in [5, 5.41) is 11.2. The summed E-state index contributed by atoms with van der Waals surface area (Å²) in [4.78, 5) is 0. The molecular weight excluding hydrogens is 238 g/mol. The second-order valence-electron chi connectivity index (χ2n) is 4.65. The Labute approximate surface area is 113 Å². The molecule has 4 nitrogen and oxygen atoms in total. The summed E-state index contributed by atoms with van der Waals surface area (Å²) in [6, 6.07) is 7.92. The van der Waals surface area contributed by atoms with Crippen LogP contribution in [-0.4, -0.2) is 17.2 Å². The van der Waals surface area contributed by atoms with Crippen LogP contribution in [0.3, 0.4) is 0 Å². The Morgan fingerprint density at radius 1 is 1.00 bits per heavy atom. The van der Waals surface area contributed by atoms with Crippen molar-refractivity contribution in [2.75, 3.05) is 7.05 Å². The lowest BCUT2D eigenvalue weighted by Crippen LogP contribution is -2.07. The van der Waals surface area contributed by atoms with Crippen LogP contribution in [0.15, 0.2) is 24.3 Å². The third kappa shape index (κ3) is 3.09. The Morgan fingerprint density at radius 3 is 2.37 bits per heavy atom. The van der Waals surface area contributed by atoms with Crippen LogP contribution in [0.5, 0.6) is 11.6 Å². The molecule has 0 amide bonds. The molecule has 0 radical (unpaired) electrons. The number of rotatable bonds is 4. The molecule has 1 aromatic heterocycles. The van der Waals surface area contributed by atoms with Gasteiger partial charge in [0.15, 0.2) is 0 Å². The number of hydrogen-bond donors (Lipinski definition) is 1. The maximum absolute atomic E-state index is 5.86. The van der Waals surface area contributed by atoms with Gasteiger partial charge in [-0.2, -0.15) is 5.10 Å². The van der Waals surface area contributed by atoms with Crippen LogP contribution in [0.1, 0.15) is 22.4 Å². The van der Waals surface area contributed by atoms with Crippen molar-refractivity contribution in [2.24, 2.45) is 0 Å². The Morgan fingerprint density at radius 2 is 1.74 bits per heavy atom. The first-order valence-electron chi connectivity index (χ1n) is 6.33. The second-order valence-corrected chi connectivity index (χ2v) is 4.65. The normalized spacial score (nSPS) is 10.5. The van der Waals surface area contributed by atoms with Crippen LogP contribution in [0.25, 0.3) is 0 Å². The summed E-state index contributed by atoms with van der Waals surface area (Å²) in [5.74, 6) is 1.40. The number of nitrogens with one attached hydrogen (secondary N) is 1. The molecule has 0 aliphatic heterocycles. The highest BCUT2D eigenvalue weighted by Gasteiger charge is 2.08. The van der Waals surface area contributed by atoms with E-state index in [4.69, 9.17) is 4.74 Å². The molecule has 1 heterocycles. The molecule has 0 saturated heterocycles. The average molecular weight is 257 g/mol. The van der Waals surface area contributed by atoms with E-state index in [0.29, 0.717) is 12.4 Å². The van der Waals surface area contributed by atoms with Gasteiger partial charge in [-0.1, -0.05) is 12.1 Å². The second kappa shape index (κ2) is 5.80. The molecular formula is C15H19N3O. The average Bonchev–Trinajstić information content (AvgIpc) is 2.41. The Kier molecular flexibility index (Phi) is 4.12. The SMILES string of the molecule is CNCc1ccc(Oc2c(C)ccc(C)c2C)nn1. The maximum atomic E-state index is 5.86. The minimum Gasteiger partial charge on any atom is -0.437 e. The van der Waals surface area contributed by atoms with Crippen molar-refractivity contribution < 1.29 is 4.74 Å². The minimum absolute atomic E-state index is 0.525. The fourth-order valence-corrected chi connectivity index (χ4v) is 1.86. The molecule has 0 atom stereocenters. The number of hydrogen-bond acceptors (Lipinski definition) is 4. The number of aromatic nitrogens is 2. The van der Waals surface area contributed by atoms with Gasteiger partial charge in [-0.05, 0) is 50.6 Å². The summed E-state index contributed by atoms with van der Waals surface area (Å²) in [7, 11) is 1.88. The third-order valence-electron chi connectivity index (χ3n) is 3.13. The minimum atomic E-state index is 0.525. The fraction of sp³-hybridized carbons (Fsp3) is 0.333. The Balaban J connectivity index is 2.24. The molecule has 0 fully saturated rings. The molecule has 0 aliphatic rings. The van der Waals surface area contributed by atoms with Gasteiger partial charge in [0.2, 0.25) is 5.88 Å². The zero-order valence-electron chi connectivity index (χ0n) is 11.8. The van der Waals surface area contributed by atoms with E-state index < -0.39 is 0 Å². The lowest BCUT2D eigenvalue weighted by atomic mass is 10.1. The Hall–Kier alpha value is -1.94. The highest BCUT2D eigenvalue weighted by Crippen LogP contribution is 2.29. The molecule has 0 saturated carbocycles. The lowest BCUT2D eigenvalue weighted by molar-refractivity contribution is 0.446. The molecule has 4 heteroatoms. The molecule has 2 aromatic rings. The number of aryl methyl sites for hydroxylation is 2. The molecule has 19 heavy (non-hydrogen) atoms. The highest BCUT2D eigenvalue weighted by atomic mass is 16.5. The van der Waals surface area contributed by atoms with E-state index in [0.717, 1.165) is 22.6 Å². The Bertz CT molecular complexity index is 564. The van der Waals surface area contributed by atoms with Gasteiger partial charge in [0.25, 0.3) is 0 Å². The summed E-state index contributed by atoms with van der Waals surface area (Å²) in [6.07, 6.45) is 0. The van der Waals surface area contributed by atoms with Crippen LogP contribution in [0.2, 0.25) is 0 Å². The van der Waals surface area contributed by atoms with E-state index in [2.05, 4.69) is 41.5 Å². The van der Waals surface area contributed by atoms with Crippen LogP contribution >= 0.6 is 0 Å². The van der Waals surface area contributed by atoms with E-state index in [1.54, 1.807) is 0 Å². The first kappa shape index (κ1) is 13.5. The lowest BCUT2D eigenvalue weighted by Gasteiger charge is -2.12. The van der Waals surface area contributed by atoms with Crippen molar-refractivity contribution in [3.05, 3.63) is 46.6 Å². The molecule has 0 spiro atoms. The first-order valence-corrected chi connectivity index (χ1v) is 6.33. The molecule has 1 aromatic carbocycles. The largest absolute Gasteiger partial charge is 0.437 e. The van der Waals surface area contributed by atoms with E-state index in [1.165, 1.54) is 5.56 Å². The molecule has 100 valence electrons. The van der Waals surface area contributed by atoms with Crippen LogP contribution in [0, 0.1) is 20.8 Å². The van der Waals surface area contributed by atoms with Gasteiger partial charge in [0, 0.05) is 12.6 Å². The van der Waals surface area contributed by atoms with Crippen molar-refractivity contribution in [2.45, 2.75) is 27.3 Å². The van der Waals surface area contributed by atoms with Crippen molar-refractivity contribution in [1.29, 1.82) is 0 Å². The smallest absolute Gasteiger partial charge is 0.238 e. The van der Waals surface area contributed by atoms with E-state index in [1.807, 2.05) is 26.1 Å². The summed E-state index contributed by atoms with van der Waals surface area (Å²) in [5.41, 5.74) is 4.35.